The first kappa shape index (κ1) is 16.4. The van der Waals surface area contributed by atoms with Crippen LogP contribution in [0.5, 0.6) is 0 Å². The van der Waals surface area contributed by atoms with Gasteiger partial charge in [-0.1, -0.05) is 0 Å². The topological polar surface area (TPSA) is 99.2 Å². The largest absolute Gasteiger partial charge is 0.368 e. The molecule has 1 aliphatic rings. The third-order valence-electron chi connectivity index (χ3n) is 4.57. The SMILES string of the molecule is O=c1[nH]cc(-c2cc(N3CC[C@H](CC(F)F)C3)c3nccn3n2)c(=O)[nH]1. The Morgan fingerprint density at radius 1 is 1.35 bits per heavy atom. The van der Waals surface area contributed by atoms with Gasteiger partial charge in [-0.05, 0) is 18.4 Å². The molecule has 8 nitrogen and oxygen atoms in total. The molecule has 0 unspecified atom stereocenters. The molecule has 1 fully saturated rings. The Hall–Kier alpha value is -3.04. The van der Waals surface area contributed by atoms with Crippen molar-refractivity contribution in [2.75, 3.05) is 18.0 Å². The molecule has 4 rings (SSSR count). The molecule has 1 atom stereocenters. The third kappa shape index (κ3) is 2.98. The van der Waals surface area contributed by atoms with E-state index >= 15 is 0 Å². The Balaban J connectivity index is 1.76. The molecule has 136 valence electrons. The van der Waals surface area contributed by atoms with Crippen LogP contribution in [0.25, 0.3) is 16.9 Å². The number of aromatic nitrogens is 5. The molecule has 1 aliphatic heterocycles. The van der Waals surface area contributed by atoms with Gasteiger partial charge in [-0.15, -0.1) is 0 Å². The van der Waals surface area contributed by atoms with Crippen LogP contribution in [-0.4, -0.2) is 44.1 Å². The monoisotopic (exact) mass is 362 g/mol. The van der Waals surface area contributed by atoms with E-state index < -0.39 is 17.7 Å². The Morgan fingerprint density at radius 3 is 2.96 bits per heavy atom. The van der Waals surface area contributed by atoms with Crippen LogP contribution in [0.2, 0.25) is 0 Å². The van der Waals surface area contributed by atoms with Crippen LogP contribution in [-0.2, 0) is 0 Å². The number of hydrogen-bond donors (Lipinski definition) is 2. The lowest BCUT2D eigenvalue weighted by atomic mass is 10.1. The lowest BCUT2D eigenvalue weighted by molar-refractivity contribution is 0.118. The van der Waals surface area contributed by atoms with E-state index in [0.29, 0.717) is 30.9 Å². The van der Waals surface area contributed by atoms with Crippen molar-refractivity contribution in [2.24, 2.45) is 5.92 Å². The highest BCUT2D eigenvalue weighted by Gasteiger charge is 2.27. The minimum absolute atomic E-state index is 0.0851. The molecule has 4 heterocycles. The molecule has 0 aromatic carbocycles. The van der Waals surface area contributed by atoms with Gasteiger partial charge in [0, 0.05) is 38.1 Å². The van der Waals surface area contributed by atoms with Crippen molar-refractivity contribution >= 4 is 11.3 Å². The van der Waals surface area contributed by atoms with E-state index in [1.54, 1.807) is 18.5 Å². The second kappa shape index (κ2) is 6.36. The van der Waals surface area contributed by atoms with Crippen molar-refractivity contribution in [1.82, 2.24) is 24.6 Å². The van der Waals surface area contributed by atoms with Crippen molar-refractivity contribution < 1.29 is 8.78 Å². The average molecular weight is 362 g/mol. The van der Waals surface area contributed by atoms with Crippen molar-refractivity contribution in [3.05, 3.63) is 45.5 Å². The summed E-state index contributed by atoms with van der Waals surface area (Å²) in [6, 6.07) is 1.70. The van der Waals surface area contributed by atoms with Gasteiger partial charge in [0.25, 0.3) is 5.56 Å². The van der Waals surface area contributed by atoms with Gasteiger partial charge >= 0.3 is 5.69 Å². The van der Waals surface area contributed by atoms with Crippen molar-refractivity contribution in [1.29, 1.82) is 0 Å². The lowest BCUT2D eigenvalue weighted by Crippen LogP contribution is -2.24. The molecule has 1 saturated heterocycles. The average Bonchev–Trinajstić information content (AvgIpc) is 3.22. The maximum Gasteiger partial charge on any atom is 0.325 e. The van der Waals surface area contributed by atoms with Gasteiger partial charge < -0.3 is 9.88 Å². The van der Waals surface area contributed by atoms with Gasteiger partial charge in [-0.25, -0.2) is 23.1 Å². The second-order valence-electron chi connectivity index (χ2n) is 6.32. The summed E-state index contributed by atoms with van der Waals surface area (Å²) >= 11 is 0. The van der Waals surface area contributed by atoms with E-state index in [9.17, 15) is 18.4 Å². The number of imidazole rings is 1. The Bertz CT molecular complexity index is 1060. The quantitative estimate of drug-likeness (QED) is 0.728. The van der Waals surface area contributed by atoms with Crippen LogP contribution >= 0.6 is 0 Å². The first-order valence-electron chi connectivity index (χ1n) is 8.21. The summed E-state index contributed by atoms with van der Waals surface area (Å²) in [6.45, 7) is 1.13. The Morgan fingerprint density at radius 2 is 2.19 bits per heavy atom. The summed E-state index contributed by atoms with van der Waals surface area (Å²) in [6.07, 6.45) is 2.76. The number of anilines is 1. The molecule has 0 radical (unpaired) electrons. The summed E-state index contributed by atoms with van der Waals surface area (Å²) in [5, 5.41) is 4.36. The zero-order valence-electron chi connectivity index (χ0n) is 13.7. The summed E-state index contributed by atoms with van der Waals surface area (Å²) in [4.78, 5) is 34.2. The van der Waals surface area contributed by atoms with Gasteiger partial charge in [0.2, 0.25) is 6.43 Å². The predicted molar refractivity (Wildman–Crippen MR) is 90.6 cm³/mol. The van der Waals surface area contributed by atoms with Crippen LogP contribution in [0.4, 0.5) is 14.5 Å². The van der Waals surface area contributed by atoms with Crippen LogP contribution in [0.3, 0.4) is 0 Å². The Labute approximate surface area is 145 Å². The first-order valence-corrected chi connectivity index (χ1v) is 8.21. The van der Waals surface area contributed by atoms with Crippen LogP contribution in [0, 0.1) is 5.92 Å². The normalized spacial score (nSPS) is 17.5. The molecule has 10 heteroatoms. The summed E-state index contributed by atoms with van der Waals surface area (Å²) < 4.78 is 26.9. The number of halogens is 2. The maximum atomic E-state index is 12.7. The summed E-state index contributed by atoms with van der Waals surface area (Å²) in [5.74, 6) is -0.0851. The molecule has 26 heavy (non-hydrogen) atoms. The van der Waals surface area contributed by atoms with Crippen LogP contribution < -0.4 is 16.1 Å². The fourth-order valence-corrected chi connectivity index (χ4v) is 3.36. The first-order chi connectivity index (χ1) is 12.5. The van der Waals surface area contributed by atoms with Crippen LogP contribution in [0.15, 0.2) is 34.2 Å². The molecule has 0 bridgehead atoms. The van der Waals surface area contributed by atoms with Crippen molar-refractivity contribution in [2.45, 2.75) is 19.3 Å². The van der Waals surface area contributed by atoms with Gasteiger partial charge in [0.1, 0.15) is 5.69 Å². The fourth-order valence-electron chi connectivity index (χ4n) is 3.36. The second-order valence-corrected chi connectivity index (χ2v) is 6.32. The molecule has 3 aromatic heterocycles. The molecule has 2 N–H and O–H groups in total. The molecule has 0 saturated carbocycles. The standard InChI is InChI=1S/C16H16F2N6O2/c17-13(18)5-9-1-3-23(8-9)12-6-11(22-24-4-2-19-14(12)24)10-7-20-16(26)21-15(10)25/h2,4,6-7,9,13H,1,3,5,8H2,(H2,20,21,25,26)/t9-/m1/s1. The van der Waals surface area contributed by atoms with E-state index in [0.717, 1.165) is 5.69 Å². The number of nitrogens with zero attached hydrogens (tertiary/aromatic N) is 4. The minimum Gasteiger partial charge on any atom is -0.368 e. The van der Waals surface area contributed by atoms with E-state index in [-0.39, 0.29) is 17.9 Å². The number of rotatable bonds is 4. The highest BCUT2D eigenvalue weighted by Crippen LogP contribution is 2.31. The number of H-pyrrole nitrogens is 2. The third-order valence-corrected chi connectivity index (χ3v) is 4.57. The lowest BCUT2D eigenvalue weighted by Gasteiger charge is -2.20. The molecular weight excluding hydrogens is 346 g/mol. The Kier molecular flexibility index (Phi) is 4.02. The smallest absolute Gasteiger partial charge is 0.325 e. The number of aromatic amines is 2. The minimum atomic E-state index is -2.32. The number of alkyl halides is 2. The zero-order valence-corrected chi connectivity index (χ0v) is 13.7. The highest BCUT2D eigenvalue weighted by molar-refractivity contribution is 5.74. The summed E-state index contributed by atoms with van der Waals surface area (Å²) in [7, 11) is 0. The molecule has 0 aliphatic carbocycles. The van der Waals surface area contributed by atoms with E-state index in [2.05, 4.69) is 20.1 Å². The van der Waals surface area contributed by atoms with Crippen molar-refractivity contribution in [3.8, 4) is 11.3 Å². The fraction of sp³-hybridized carbons (Fsp3) is 0.375. The van der Waals surface area contributed by atoms with E-state index in [1.807, 2.05) is 4.90 Å². The summed E-state index contributed by atoms with van der Waals surface area (Å²) in [5.41, 5.74) is 0.737. The van der Waals surface area contributed by atoms with Gasteiger partial charge in [0.05, 0.1) is 11.3 Å². The van der Waals surface area contributed by atoms with Crippen LogP contribution in [0.1, 0.15) is 12.8 Å². The molecule has 3 aromatic rings. The zero-order chi connectivity index (χ0) is 18.3. The number of nitrogens with one attached hydrogen (secondary N) is 2. The maximum absolute atomic E-state index is 12.7. The molecule has 0 spiro atoms. The van der Waals surface area contributed by atoms with E-state index in [4.69, 9.17) is 0 Å². The highest BCUT2D eigenvalue weighted by atomic mass is 19.3. The molecule has 0 amide bonds. The van der Waals surface area contributed by atoms with Gasteiger partial charge in [-0.2, -0.15) is 5.10 Å². The van der Waals surface area contributed by atoms with Gasteiger partial charge in [0.15, 0.2) is 5.65 Å². The number of hydrogen-bond acceptors (Lipinski definition) is 5. The predicted octanol–water partition coefficient (Wildman–Crippen LogP) is 1.25. The molecular formula is C16H16F2N6O2. The van der Waals surface area contributed by atoms with Gasteiger partial charge in [-0.3, -0.25) is 9.78 Å². The number of fused-ring (bicyclic) bond motifs is 1. The van der Waals surface area contributed by atoms with E-state index in [1.165, 1.54) is 10.7 Å². The van der Waals surface area contributed by atoms with Crippen molar-refractivity contribution in [3.63, 3.8) is 0 Å².